The molecule has 0 spiro atoms. The summed E-state index contributed by atoms with van der Waals surface area (Å²) in [5.41, 5.74) is 0.856. The van der Waals surface area contributed by atoms with Crippen LogP contribution in [0.25, 0.3) is 0 Å². The molecule has 0 saturated heterocycles. The number of methoxy groups -OCH3 is 1. The van der Waals surface area contributed by atoms with Crippen molar-refractivity contribution in [1.82, 2.24) is 0 Å². The van der Waals surface area contributed by atoms with Crippen LogP contribution in [-0.2, 0) is 14.3 Å². The fourth-order valence-corrected chi connectivity index (χ4v) is 2.97. The smallest absolute Gasteiger partial charge is 0.345 e. The highest BCUT2D eigenvalue weighted by Crippen LogP contribution is 2.28. The Balaban J connectivity index is 1.72. The predicted molar refractivity (Wildman–Crippen MR) is 114 cm³/mol. The molecular weight excluding hydrogens is 425 g/mol. The van der Waals surface area contributed by atoms with Gasteiger partial charge in [0, 0.05) is 11.3 Å². The zero-order chi connectivity index (χ0) is 22.2. The Morgan fingerprint density at radius 3 is 2.39 bits per heavy atom. The Kier molecular flexibility index (Phi) is 7.45. The SMILES string of the molecule is COc1ccc(NC(=O)C(OC(=O)COc2ccccc2F)c2ccccc2)cc1Cl. The fourth-order valence-electron chi connectivity index (χ4n) is 2.72. The molecule has 0 aromatic heterocycles. The van der Waals surface area contributed by atoms with Crippen molar-refractivity contribution >= 4 is 29.2 Å². The largest absolute Gasteiger partial charge is 0.495 e. The van der Waals surface area contributed by atoms with Gasteiger partial charge in [0.2, 0.25) is 6.10 Å². The Bertz CT molecular complexity index is 1060. The normalized spacial score (nSPS) is 11.3. The van der Waals surface area contributed by atoms with E-state index in [4.69, 9.17) is 25.8 Å². The summed E-state index contributed by atoms with van der Waals surface area (Å²) < 4.78 is 29.3. The van der Waals surface area contributed by atoms with E-state index in [-0.39, 0.29) is 5.75 Å². The molecule has 0 aliphatic rings. The average molecular weight is 444 g/mol. The van der Waals surface area contributed by atoms with Gasteiger partial charge >= 0.3 is 5.97 Å². The van der Waals surface area contributed by atoms with Crippen LogP contribution in [0.4, 0.5) is 10.1 Å². The highest BCUT2D eigenvalue weighted by atomic mass is 35.5. The van der Waals surface area contributed by atoms with Gasteiger partial charge in [0.05, 0.1) is 12.1 Å². The zero-order valence-corrected chi connectivity index (χ0v) is 17.3. The van der Waals surface area contributed by atoms with Crippen LogP contribution in [0.3, 0.4) is 0 Å². The molecule has 0 bridgehead atoms. The van der Waals surface area contributed by atoms with Gasteiger partial charge in [-0.1, -0.05) is 54.1 Å². The van der Waals surface area contributed by atoms with Crippen molar-refractivity contribution < 1.29 is 28.2 Å². The average Bonchev–Trinajstić information content (AvgIpc) is 2.77. The minimum Gasteiger partial charge on any atom is -0.495 e. The van der Waals surface area contributed by atoms with Crippen molar-refractivity contribution in [3.63, 3.8) is 0 Å². The van der Waals surface area contributed by atoms with Gasteiger partial charge in [0.1, 0.15) is 5.75 Å². The molecule has 0 aliphatic heterocycles. The van der Waals surface area contributed by atoms with Gasteiger partial charge < -0.3 is 19.5 Å². The fraction of sp³-hybridized carbons (Fsp3) is 0.130. The lowest BCUT2D eigenvalue weighted by Gasteiger charge is -2.18. The zero-order valence-electron chi connectivity index (χ0n) is 16.5. The second-order valence-corrected chi connectivity index (χ2v) is 6.75. The van der Waals surface area contributed by atoms with Gasteiger partial charge in [0.25, 0.3) is 5.91 Å². The lowest BCUT2D eigenvalue weighted by Crippen LogP contribution is -2.28. The first-order valence-corrected chi connectivity index (χ1v) is 9.62. The number of rotatable bonds is 8. The Morgan fingerprint density at radius 2 is 1.71 bits per heavy atom. The number of hydrogen-bond donors (Lipinski definition) is 1. The maximum Gasteiger partial charge on any atom is 0.345 e. The van der Waals surface area contributed by atoms with Gasteiger partial charge in [-0.05, 0) is 30.3 Å². The standard InChI is InChI=1S/C23H19ClFNO5/c1-29-19-12-11-16(13-17(19)24)26-23(28)22(15-7-3-2-4-8-15)31-21(27)14-30-20-10-6-5-9-18(20)25/h2-13,22H,14H2,1H3,(H,26,28). The van der Waals surface area contributed by atoms with E-state index in [9.17, 15) is 14.0 Å². The van der Waals surface area contributed by atoms with Crippen LogP contribution in [0.15, 0.2) is 72.8 Å². The maximum absolute atomic E-state index is 13.7. The number of hydrogen-bond acceptors (Lipinski definition) is 5. The third-order valence-corrected chi connectivity index (χ3v) is 4.49. The number of nitrogens with one attached hydrogen (secondary N) is 1. The van der Waals surface area contributed by atoms with E-state index in [1.165, 1.54) is 31.4 Å². The molecule has 1 unspecified atom stereocenters. The van der Waals surface area contributed by atoms with Crippen molar-refractivity contribution in [2.75, 3.05) is 19.0 Å². The highest BCUT2D eigenvalue weighted by molar-refractivity contribution is 6.32. The monoisotopic (exact) mass is 443 g/mol. The molecule has 8 heteroatoms. The van der Waals surface area contributed by atoms with Crippen LogP contribution in [-0.4, -0.2) is 25.6 Å². The molecule has 3 rings (SSSR count). The first-order valence-electron chi connectivity index (χ1n) is 9.24. The number of ether oxygens (including phenoxy) is 3. The maximum atomic E-state index is 13.7. The molecule has 3 aromatic rings. The summed E-state index contributed by atoms with van der Waals surface area (Å²) in [6.45, 7) is -0.564. The minimum atomic E-state index is -1.25. The lowest BCUT2D eigenvalue weighted by atomic mass is 10.1. The third-order valence-electron chi connectivity index (χ3n) is 4.19. The molecule has 31 heavy (non-hydrogen) atoms. The molecule has 1 amide bonds. The van der Waals surface area contributed by atoms with E-state index < -0.39 is 30.4 Å². The van der Waals surface area contributed by atoms with Gasteiger partial charge in [-0.3, -0.25) is 4.79 Å². The van der Waals surface area contributed by atoms with Crippen molar-refractivity contribution in [2.45, 2.75) is 6.10 Å². The summed E-state index contributed by atoms with van der Waals surface area (Å²) in [6.07, 6.45) is -1.25. The van der Waals surface area contributed by atoms with E-state index in [0.717, 1.165) is 0 Å². The summed E-state index contributed by atoms with van der Waals surface area (Å²) in [6, 6.07) is 18.9. The Morgan fingerprint density at radius 1 is 1.00 bits per heavy atom. The number of benzene rings is 3. The lowest BCUT2D eigenvalue weighted by molar-refractivity contribution is -0.156. The minimum absolute atomic E-state index is 0.0898. The first-order chi connectivity index (χ1) is 15.0. The molecule has 3 aromatic carbocycles. The molecule has 1 atom stereocenters. The summed E-state index contributed by atoms with van der Waals surface area (Å²) in [7, 11) is 1.48. The number of halogens is 2. The summed E-state index contributed by atoms with van der Waals surface area (Å²) in [4.78, 5) is 25.2. The van der Waals surface area contributed by atoms with Crippen LogP contribution in [0.1, 0.15) is 11.7 Å². The van der Waals surface area contributed by atoms with E-state index in [1.807, 2.05) is 0 Å². The number of anilines is 1. The number of amides is 1. The van der Waals surface area contributed by atoms with Crippen LogP contribution >= 0.6 is 11.6 Å². The van der Waals surface area contributed by atoms with Crippen LogP contribution in [0, 0.1) is 5.82 Å². The molecule has 6 nitrogen and oxygen atoms in total. The summed E-state index contributed by atoms with van der Waals surface area (Å²) in [5.74, 6) is -1.67. The topological polar surface area (TPSA) is 73.9 Å². The molecule has 0 fully saturated rings. The molecule has 0 heterocycles. The van der Waals surface area contributed by atoms with E-state index in [2.05, 4.69) is 5.32 Å². The highest BCUT2D eigenvalue weighted by Gasteiger charge is 2.25. The molecule has 0 saturated carbocycles. The first kappa shape index (κ1) is 22.1. The number of carbonyl (C=O) groups excluding carboxylic acids is 2. The predicted octanol–water partition coefficient (Wildman–Crippen LogP) is 4.79. The Labute approximate surface area is 183 Å². The van der Waals surface area contributed by atoms with Gasteiger partial charge in [0.15, 0.2) is 18.2 Å². The number of para-hydroxylation sites is 1. The van der Waals surface area contributed by atoms with E-state index >= 15 is 0 Å². The van der Waals surface area contributed by atoms with Crippen molar-refractivity contribution in [3.05, 3.63) is 89.2 Å². The van der Waals surface area contributed by atoms with Crippen molar-refractivity contribution in [1.29, 1.82) is 0 Å². The Hall–Kier alpha value is -3.58. The third kappa shape index (κ3) is 5.96. The molecule has 1 N–H and O–H groups in total. The van der Waals surface area contributed by atoms with Gasteiger partial charge in [-0.25, -0.2) is 9.18 Å². The summed E-state index contributed by atoms with van der Waals surface area (Å²) in [5, 5.41) is 2.98. The molecule has 0 radical (unpaired) electrons. The van der Waals surface area contributed by atoms with Crippen LogP contribution in [0.5, 0.6) is 11.5 Å². The number of carbonyl (C=O) groups is 2. The summed E-state index contributed by atoms with van der Waals surface area (Å²) >= 11 is 6.10. The van der Waals surface area contributed by atoms with Crippen LogP contribution in [0.2, 0.25) is 5.02 Å². The molecule has 0 aliphatic carbocycles. The van der Waals surface area contributed by atoms with Gasteiger partial charge in [-0.15, -0.1) is 0 Å². The number of esters is 1. The molecular formula is C23H19ClFNO5. The van der Waals surface area contributed by atoms with Crippen molar-refractivity contribution in [3.8, 4) is 11.5 Å². The second kappa shape index (κ2) is 10.4. The second-order valence-electron chi connectivity index (χ2n) is 6.34. The van der Waals surface area contributed by atoms with E-state index in [1.54, 1.807) is 48.5 Å². The van der Waals surface area contributed by atoms with Crippen LogP contribution < -0.4 is 14.8 Å². The quantitative estimate of drug-likeness (QED) is 0.507. The van der Waals surface area contributed by atoms with E-state index in [0.29, 0.717) is 22.0 Å². The van der Waals surface area contributed by atoms with Gasteiger partial charge in [-0.2, -0.15) is 0 Å². The molecule has 160 valence electrons. The van der Waals surface area contributed by atoms with Crippen molar-refractivity contribution in [2.24, 2.45) is 0 Å².